The number of hydrogen-bond donors (Lipinski definition) is 1. The van der Waals surface area contributed by atoms with Gasteiger partial charge in [-0.15, -0.1) is 0 Å². The van der Waals surface area contributed by atoms with Gasteiger partial charge in [-0.1, -0.05) is 62.7 Å². The number of nitrogens with one attached hydrogen (secondary N) is 1. The second kappa shape index (κ2) is 10.4. The maximum Gasteiger partial charge on any atom is 0.254 e. The molecule has 1 heterocycles. The van der Waals surface area contributed by atoms with Crippen LogP contribution in [0.2, 0.25) is 0 Å². The molecule has 0 aliphatic carbocycles. The first-order valence-electron chi connectivity index (χ1n) is 10.9. The average molecular weight is 411 g/mol. The van der Waals surface area contributed by atoms with Gasteiger partial charge in [-0.05, 0) is 48.8 Å². The van der Waals surface area contributed by atoms with Crippen molar-refractivity contribution in [1.29, 1.82) is 0 Å². The highest BCUT2D eigenvalue weighted by molar-refractivity contribution is 5.97. The van der Waals surface area contributed by atoms with Crippen molar-refractivity contribution < 1.29 is 14.0 Å². The Bertz CT molecular complexity index is 847. The number of halogens is 1. The Morgan fingerprint density at radius 3 is 2.33 bits per heavy atom. The minimum atomic E-state index is -0.646. The third-order valence-electron chi connectivity index (χ3n) is 6.18. The molecule has 0 saturated carbocycles. The SMILES string of the molecule is CCC(C)C(NC(=O)c1ccccc1F)C(=O)N1CCC(Cc2ccccc2)CC1. The maximum atomic E-state index is 14.0. The molecule has 0 bridgehead atoms. The summed E-state index contributed by atoms with van der Waals surface area (Å²) in [4.78, 5) is 27.7. The fourth-order valence-electron chi connectivity index (χ4n) is 4.05. The zero-order chi connectivity index (χ0) is 21.5. The quantitative estimate of drug-likeness (QED) is 0.733. The van der Waals surface area contributed by atoms with Gasteiger partial charge in [0.25, 0.3) is 5.91 Å². The molecule has 0 spiro atoms. The fraction of sp³-hybridized carbons (Fsp3) is 0.440. The molecule has 1 aliphatic rings. The summed E-state index contributed by atoms with van der Waals surface area (Å²) >= 11 is 0. The van der Waals surface area contributed by atoms with Crippen LogP contribution in [0.4, 0.5) is 4.39 Å². The molecule has 2 aromatic rings. The molecule has 2 amide bonds. The Morgan fingerprint density at radius 1 is 1.07 bits per heavy atom. The van der Waals surface area contributed by atoms with Crippen LogP contribution in [-0.4, -0.2) is 35.8 Å². The Balaban J connectivity index is 1.62. The van der Waals surface area contributed by atoms with E-state index in [4.69, 9.17) is 0 Å². The number of rotatable bonds is 7. The normalized spacial score (nSPS) is 16.7. The number of benzene rings is 2. The van der Waals surface area contributed by atoms with Crippen LogP contribution in [0, 0.1) is 17.7 Å². The Labute approximate surface area is 178 Å². The number of carbonyl (C=O) groups excluding carboxylic acids is 2. The number of piperidine rings is 1. The molecule has 2 atom stereocenters. The lowest BCUT2D eigenvalue weighted by Crippen LogP contribution is -2.53. The lowest BCUT2D eigenvalue weighted by molar-refractivity contribution is -0.135. The minimum Gasteiger partial charge on any atom is -0.341 e. The molecule has 30 heavy (non-hydrogen) atoms. The van der Waals surface area contributed by atoms with E-state index in [-0.39, 0.29) is 17.4 Å². The molecule has 3 rings (SSSR count). The second-order valence-corrected chi connectivity index (χ2v) is 8.27. The van der Waals surface area contributed by atoms with Crippen LogP contribution in [-0.2, 0) is 11.2 Å². The summed E-state index contributed by atoms with van der Waals surface area (Å²) in [6.07, 6.45) is 3.68. The van der Waals surface area contributed by atoms with Gasteiger partial charge in [0.2, 0.25) is 5.91 Å². The predicted molar refractivity (Wildman–Crippen MR) is 117 cm³/mol. The molecule has 1 fully saturated rings. The highest BCUT2D eigenvalue weighted by Gasteiger charge is 2.32. The zero-order valence-corrected chi connectivity index (χ0v) is 17.8. The highest BCUT2D eigenvalue weighted by atomic mass is 19.1. The van der Waals surface area contributed by atoms with Gasteiger partial charge in [0.1, 0.15) is 11.9 Å². The lowest BCUT2D eigenvalue weighted by Gasteiger charge is -2.36. The van der Waals surface area contributed by atoms with Crippen LogP contribution < -0.4 is 5.32 Å². The van der Waals surface area contributed by atoms with Crippen molar-refractivity contribution in [3.8, 4) is 0 Å². The van der Waals surface area contributed by atoms with Crippen LogP contribution >= 0.6 is 0 Å². The van der Waals surface area contributed by atoms with Gasteiger partial charge in [0.05, 0.1) is 5.56 Å². The highest BCUT2D eigenvalue weighted by Crippen LogP contribution is 2.23. The third-order valence-corrected chi connectivity index (χ3v) is 6.18. The molecule has 0 aromatic heterocycles. The number of nitrogens with zero attached hydrogens (tertiary/aromatic N) is 1. The summed E-state index contributed by atoms with van der Waals surface area (Å²) in [5.41, 5.74) is 1.30. The number of likely N-dealkylation sites (tertiary alicyclic amines) is 1. The maximum absolute atomic E-state index is 14.0. The summed E-state index contributed by atoms with van der Waals surface area (Å²) in [7, 11) is 0. The molecule has 4 nitrogen and oxygen atoms in total. The zero-order valence-electron chi connectivity index (χ0n) is 17.8. The summed E-state index contributed by atoms with van der Waals surface area (Å²) in [5.74, 6) is -0.647. The van der Waals surface area contributed by atoms with Gasteiger partial charge >= 0.3 is 0 Å². The summed E-state index contributed by atoms with van der Waals surface area (Å²) in [6, 6.07) is 15.7. The number of hydrogen-bond acceptors (Lipinski definition) is 2. The first kappa shape index (κ1) is 22.0. The largest absolute Gasteiger partial charge is 0.341 e. The van der Waals surface area contributed by atoms with Crippen molar-refractivity contribution in [3.05, 3.63) is 71.5 Å². The Hall–Kier alpha value is -2.69. The second-order valence-electron chi connectivity index (χ2n) is 8.27. The molecule has 5 heteroatoms. The van der Waals surface area contributed by atoms with E-state index in [1.165, 1.54) is 17.7 Å². The Morgan fingerprint density at radius 2 is 1.70 bits per heavy atom. The van der Waals surface area contributed by atoms with Gasteiger partial charge in [-0.3, -0.25) is 9.59 Å². The molecule has 2 unspecified atom stereocenters. The van der Waals surface area contributed by atoms with E-state index >= 15 is 0 Å². The molecule has 1 saturated heterocycles. The standard InChI is InChI=1S/C25H31FN2O2/c1-3-18(2)23(27-24(29)21-11-7-8-12-22(21)26)25(30)28-15-13-20(14-16-28)17-19-9-5-4-6-10-19/h4-12,18,20,23H,3,13-17H2,1-2H3,(H,27,29). The molecular weight excluding hydrogens is 379 g/mol. The smallest absolute Gasteiger partial charge is 0.254 e. The summed E-state index contributed by atoms with van der Waals surface area (Å²) < 4.78 is 14.0. The van der Waals surface area contributed by atoms with Gasteiger partial charge in [-0.25, -0.2) is 4.39 Å². The van der Waals surface area contributed by atoms with Crippen molar-refractivity contribution in [2.45, 2.75) is 45.6 Å². The first-order valence-corrected chi connectivity index (χ1v) is 10.9. The van der Waals surface area contributed by atoms with Crippen LogP contribution in [0.1, 0.15) is 49.0 Å². The van der Waals surface area contributed by atoms with E-state index in [0.29, 0.717) is 19.0 Å². The van der Waals surface area contributed by atoms with Crippen LogP contribution in [0.15, 0.2) is 54.6 Å². The fourth-order valence-corrected chi connectivity index (χ4v) is 4.05. The van der Waals surface area contributed by atoms with Crippen LogP contribution in [0.25, 0.3) is 0 Å². The van der Waals surface area contributed by atoms with E-state index in [9.17, 15) is 14.0 Å². The van der Waals surface area contributed by atoms with Gasteiger partial charge in [0, 0.05) is 13.1 Å². The van der Waals surface area contributed by atoms with E-state index in [1.54, 1.807) is 12.1 Å². The molecule has 1 N–H and O–H groups in total. The molecular formula is C25H31FN2O2. The number of carbonyl (C=O) groups is 2. The Kier molecular flexibility index (Phi) is 7.61. The average Bonchev–Trinajstić information content (AvgIpc) is 2.78. The molecule has 160 valence electrons. The molecule has 0 radical (unpaired) electrons. The van der Waals surface area contributed by atoms with Crippen LogP contribution in [0.3, 0.4) is 0 Å². The van der Waals surface area contributed by atoms with Gasteiger partial charge < -0.3 is 10.2 Å². The number of amides is 2. The summed E-state index contributed by atoms with van der Waals surface area (Å²) in [5, 5.41) is 2.80. The van der Waals surface area contributed by atoms with Gasteiger partial charge in [-0.2, -0.15) is 0 Å². The molecule has 2 aromatic carbocycles. The van der Waals surface area contributed by atoms with Crippen LogP contribution in [0.5, 0.6) is 0 Å². The van der Waals surface area contributed by atoms with E-state index in [1.807, 2.05) is 24.8 Å². The van der Waals surface area contributed by atoms with E-state index in [2.05, 4.69) is 29.6 Å². The van der Waals surface area contributed by atoms with Crippen molar-refractivity contribution >= 4 is 11.8 Å². The van der Waals surface area contributed by atoms with Gasteiger partial charge in [0.15, 0.2) is 0 Å². The summed E-state index contributed by atoms with van der Waals surface area (Å²) in [6.45, 7) is 5.33. The van der Waals surface area contributed by atoms with Crippen molar-refractivity contribution in [2.75, 3.05) is 13.1 Å². The topological polar surface area (TPSA) is 49.4 Å². The van der Waals surface area contributed by atoms with Crippen molar-refractivity contribution in [3.63, 3.8) is 0 Å². The lowest BCUT2D eigenvalue weighted by atomic mass is 9.89. The van der Waals surface area contributed by atoms with E-state index < -0.39 is 17.8 Å². The third kappa shape index (κ3) is 5.47. The first-order chi connectivity index (χ1) is 14.5. The monoisotopic (exact) mass is 410 g/mol. The molecule has 1 aliphatic heterocycles. The van der Waals surface area contributed by atoms with Crippen molar-refractivity contribution in [2.24, 2.45) is 11.8 Å². The minimum absolute atomic E-state index is 0.0276. The van der Waals surface area contributed by atoms with Crippen molar-refractivity contribution in [1.82, 2.24) is 10.2 Å². The predicted octanol–water partition coefficient (Wildman–Crippen LogP) is 4.45. The van der Waals surface area contributed by atoms with E-state index in [0.717, 1.165) is 25.7 Å².